The largest absolute Gasteiger partial charge is 0.505 e. The highest BCUT2D eigenvalue weighted by Gasteiger charge is 2.35. The third-order valence-electron chi connectivity index (χ3n) is 19.7. The molecule has 2 aromatic heterocycles. The fourth-order valence-electron chi connectivity index (χ4n) is 15.3. The molecule has 6 nitrogen and oxygen atoms in total. The number of hydrogen-bond donors (Lipinski definition) is 2. The molecule has 10 aromatic rings. The molecule has 0 amide bonds. The molecule has 1 atom stereocenters. The van der Waals surface area contributed by atoms with E-state index in [0.29, 0.717) is 57.1 Å². The van der Waals surface area contributed by atoms with Crippen LogP contribution in [0.25, 0.3) is 77.2 Å². The van der Waals surface area contributed by atoms with Crippen LogP contribution in [0, 0.1) is 41.2 Å². The smallest absolute Gasteiger partial charge is 0.147 e. The number of benzene rings is 8. The van der Waals surface area contributed by atoms with Crippen LogP contribution in [0.3, 0.4) is 0 Å². The van der Waals surface area contributed by atoms with Crippen molar-refractivity contribution in [2.24, 2.45) is 22.7 Å². The molecule has 510 valence electrons. The zero-order valence-electron chi connectivity index (χ0n) is 62.7. The molecule has 8 heteroatoms. The predicted octanol–water partition coefficient (Wildman–Crippen LogP) is 25.0. The van der Waals surface area contributed by atoms with Gasteiger partial charge >= 0.3 is 0 Å². The second-order valence-electron chi connectivity index (χ2n) is 36.5. The molecular weight excluding hydrogens is 1190 g/mol. The normalized spacial score (nSPS) is 13.7. The predicted molar refractivity (Wildman–Crippen MR) is 403 cm³/mol. The first-order valence-corrected chi connectivity index (χ1v) is 35.0. The van der Waals surface area contributed by atoms with Gasteiger partial charge in [0.2, 0.25) is 0 Å². The summed E-state index contributed by atoms with van der Waals surface area (Å²) in [6.45, 7) is 56.0. The number of ether oxygens (including phenoxy) is 2. The van der Waals surface area contributed by atoms with Crippen LogP contribution in [0.5, 0.6) is 23.0 Å². The SMILES string of the molecule is Cc1cc(F)cc(-c2cc(C(C)(C)CC(C)(C)C)cc(-n3c4ccc(C(C)(C)C)cc4c4cc(C(C)(C)C)ccc43)c2O)c1OCC(COc1ccc(F)cc1-c1cc(C(C)(C)CC(C)(C)C)cc(-n2c3ccc(C(C)(C)C)cc3c3cc(C(C)(C)C)ccc32)c1O)CC(C)C. The summed E-state index contributed by atoms with van der Waals surface area (Å²) in [5.74, 6) is 0.0229. The van der Waals surface area contributed by atoms with Crippen molar-refractivity contribution in [1.82, 2.24) is 9.13 Å². The van der Waals surface area contributed by atoms with E-state index in [9.17, 15) is 10.2 Å². The summed E-state index contributed by atoms with van der Waals surface area (Å²) in [7, 11) is 0. The number of hydrogen-bond acceptors (Lipinski definition) is 4. The van der Waals surface area contributed by atoms with Crippen LogP contribution in [0.15, 0.2) is 127 Å². The molecule has 0 fully saturated rings. The standard InChI is InChI=1S/C88H110F2N2O4/c1-52(2)36-54(48-95-77-35-30-61(89)46-67(77)68-42-59(87(22,23)50-81(4,5)6)44-75(78(68)93)91-71-31-26-55(83(10,11)12)38-63(71)64-39-56(84(13,14)15)27-32-72(64)91)49-96-80-53(3)37-62(90)47-70(80)69-43-60(88(24,25)51-82(7,8)9)45-76(79(69)94)92-73-33-28-57(85(16,17)18)40-65(73)66-41-58(86(19,20)21)29-34-74(66)92/h26-35,37-47,52,54,93-94H,36,48-51H2,1-25H3. The van der Waals surface area contributed by atoms with Crippen molar-refractivity contribution in [3.63, 3.8) is 0 Å². The van der Waals surface area contributed by atoms with Crippen molar-refractivity contribution in [3.8, 4) is 56.6 Å². The third-order valence-corrected chi connectivity index (χ3v) is 19.7. The Labute approximate surface area is 573 Å². The van der Waals surface area contributed by atoms with Gasteiger partial charge in [-0.1, -0.05) is 190 Å². The van der Waals surface area contributed by atoms with Crippen LogP contribution in [0.1, 0.15) is 224 Å². The van der Waals surface area contributed by atoms with Crippen LogP contribution in [-0.4, -0.2) is 32.6 Å². The highest BCUT2D eigenvalue weighted by Crippen LogP contribution is 2.51. The Hall–Kier alpha value is -7.58. The molecule has 0 spiro atoms. The lowest BCUT2D eigenvalue weighted by Gasteiger charge is -2.34. The summed E-state index contributed by atoms with van der Waals surface area (Å²) in [5.41, 5.74) is 13.0. The molecule has 2 N–H and O–H groups in total. The zero-order chi connectivity index (χ0) is 70.7. The lowest BCUT2D eigenvalue weighted by Crippen LogP contribution is -2.25. The average Bonchev–Trinajstić information content (AvgIpc) is 1.55. The van der Waals surface area contributed by atoms with Crippen molar-refractivity contribution in [3.05, 3.63) is 178 Å². The molecule has 0 bridgehead atoms. The van der Waals surface area contributed by atoms with Gasteiger partial charge in [0.15, 0.2) is 0 Å². The highest BCUT2D eigenvalue weighted by atomic mass is 19.1. The topological polar surface area (TPSA) is 68.8 Å². The maximum Gasteiger partial charge on any atom is 0.147 e. The van der Waals surface area contributed by atoms with Crippen molar-refractivity contribution >= 4 is 43.6 Å². The second kappa shape index (κ2) is 25.1. The Bertz CT molecular complexity index is 4460. The van der Waals surface area contributed by atoms with Crippen LogP contribution >= 0.6 is 0 Å². The lowest BCUT2D eigenvalue weighted by molar-refractivity contribution is 0.158. The molecule has 1 unspecified atom stereocenters. The van der Waals surface area contributed by atoms with Gasteiger partial charge in [-0.15, -0.1) is 0 Å². The van der Waals surface area contributed by atoms with Crippen LogP contribution < -0.4 is 9.47 Å². The lowest BCUT2D eigenvalue weighted by atomic mass is 9.71. The maximum atomic E-state index is 16.5. The number of phenolic OH excluding ortho intramolecular Hbond substituents is 2. The number of phenols is 2. The summed E-state index contributed by atoms with van der Waals surface area (Å²) in [4.78, 5) is 0. The average molecular weight is 1300 g/mol. The second-order valence-corrected chi connectivity index (χ2v) is 36.5. The molecule has 0 saturated carbocycles. The van der Waals surface area contributed by atoms with Gasteiger partial charge < -0.3 is 28.8 Å². The van der Waals surface area contributed by atoms with E-state index in [1.807, 2.05) is 19.1 Å². The Morgan fingerprint density at radius 2 is 0.740 bits per heavy atom. The summed E-state index contributed by atoms with van der Waals surface area (Å²) < 4.78 is 51.2. The first-order valence-electron chi connectivity index (χ1n) is 35.0. The molecule has 10 rings (SSSR count). The molecule has 96 heavy (non-hydrogen) atoms. The van der Waals surface area contributed by atoms with E-state index in [0.717, 1.165) is 67.6 Å². The Morgan fingerprint density at radius 1 is 0.385 bits per heavy atom. The van der Waals surface area contributed by atoms with Gasteiger partial charge in [0.25, 0.3) is 0 Å². The number of aromatic nitrogens is 2. The third kappa shape index (κ3) is 14.7. The van der Waals surface area contributed by atoms with Crippen LogP contribution in [-0.2, 0) is 32.5 Å². The van der Waals surface area contributed by atoms with Gasteiger partial charge in [-0.05, 0) is 217 Å². The molecule has 8 aromatic carbocycles. The molecular formula is C88H110F2N2O4. The van der Waals surface area contributed by atoms with Gasteiger partial charge in [-0.3, -0.25) is 0 Å². The van der Waals surface area contributed by atoms with Crippen molar-refractivity contribution in [2.45, 2.75) is 225 Å². The van der Waals surface area contributed by atoms with Crippen molar-refractivity contribution < 1.29 is 28.5 Å². The van der Waals surface area contributed by atoms with E-state index in [-0.39, 0.29) is 69.0 Å². The molecule has 0 aliphatic heterocycles. The van der Waals surface area contributed by atoms with Crippen LogP contribution in [0.4, 0.5) is 8.78 Å². The zero-order valence-corrected chi connectivity index (χ0v) is 62.7. The summed E-state index contributed by atoms with van der Waals surface area (Å²) in [6.07, 6.45) is 2.37. The summed E-state index contributed by atoms with van der Waals surface area (Å²) in [6, 6.07) is 42.7. The van der Waals surface area contributed by atoms with Gasteiger partial charge in [0.05, 0.1) is 46.7 Å². The van der Waals surface area contributed by atoms with Crippen molar-refractivity contribution in [1.29, 1.82) is 0 Å². The minimum absolute atomic E-state index is 0.0144. The molecule has 0 saturated heterocycles. The molecule has 0 radical (unpaired) electrons. The maximum absolute atomic E-state index is 16.5. The molecule has 2 heterocycles. The van der Waals surface area contributed by atoms with E-state index in [4.69, 9.17) is 9.47 Å². The highest BCUT2D eigenvalue weighted by molar-refractivity contribution is 6.11. The molecule has 0 aliphatic rings. The number of halogens is 2. The summed E-state index contributed by atoms with van der Waals surface area (Å²) >= 11 is 0. The summed E-state index contributed by atoms with van der Waals surface area (Å²) in [5, 5.41) is 30.9. The van der Waals surface area contributed by atoms with Gasteiger partial charge in [-0.25, -0.2) is 8.78 Å². The number of rotatable bonds is 16. The fourth-order valence-corrected chi connectivity index (χ4v) is 15.3. The van der Waals surface area contributed by atoms with Gasteiger partial charge in [0, 0.05) is 49.7 Å². The van der Waals surface area contributed by atoms with E-state index in [1.54, 1.807) is 6.07 Å². The molecule has 0 aliphatic carbocycles. The van der Waals surface area contributed by atoms with Gasteiger partial charge in [-0.2, -0.15) is 0 Å². The van der Waals surface area contributed by atoms with E-state index < -0.39 is 22.5 Å². The number of nitrogens with zero attached hydrogens (tertiary/aromatic N) is 2. The van der Waals surface area contributed by atoms with E-state index in [2.05, 4.69) is 260 Å². The van der Waals surface area contributed by atoms with E-state index in [1.165, 1.54) is 46.5 Å². The van der Waals surface area contributed by atoms with Crippen molar-refractivity contribution in [2.75, 3.05) is 13.2 Å². The Morgan fingerprint density at radius 3 is 1.09 bits per heavy atom. The fraction of sp³-hybridized carbons (Fsp3) is 0.455. The Balaban J connectivity index is 1.09. The van der Waals surface area contributed by atoms with Gasteiger partial charge in [0.1, 0.15) is 34.6 Å². The monoisotopic (exact) mass is 1300 g/mol. The minimum Gasteiger partial charge on any atom is -0.505 e. The quantitative estimate of drug-likeness (QED) is 0.101. The first-order chi connectivity index (χ1) is 44.2. The number of aromatic hydroxyl groups is 2. The van der Waals surface area contributed by atoms with Crippen LogP contribution in [0.2, 0.25) is 0 Å². The minimum atomic E-state index is -0.458. The number of fused-ring (bicyclic) bond motifs is 6. The number of aryl methyl sites for hydroxylation is 1. The Kier molecular flexibility index (Phi) is 18.6. The first kappa shape index (κ1) is 71.2. The van der Waals surface area contributed by atoms with E-state index >= 15 is 8.78 Å².